The van der Waals surface area contributed by atoms with E-state index in [1.54, 1.807) is 0 Å². The highest BCUT2D eigenvalue weighted by atomic mass is 14.8. The zero-order chi connectivity index (χ0) is 8.95. The maximum atomic E-state index is 3.39. The Labute approximate surface area is 80.0 Å². The normalized spacial score (nSPS) is 8.00. The first kappa shape index (κ1) is 17.9. The molecule has 0 saturated carbocycles. The highest BCUT2D eigenvalue weighted by molar-refractivity contribution is 4.45. The molecule has 0 heterocycles. The van der Waals surface area contributed by atoms with Crippen LogP contribution in [0.5, 0.6) is 0 Å². The van der Waals surface area contributed by atoms with E-state index in [4.69, 9.17) is 0 Å². The molecule has 0 rings (SSSR count). The summed E-state index contributed by atoms with van der Waals surface area (Å²) in [5.41, 5.74) is 0. The highest BCUT2D eigenvalue weighted by Gasteiger charge is 1.83. The van der Waals surface area contributed by atoms with Crippen molar-refractivity contribution < 1.29 is 0 Å². The summed E-state index contributed by atoms with van der Waals surface area (Å²) in [4.78, 5) is 0. The second kappa shape index (κ2) is 22.4. The smallest absolute Gasteiger partial charge is 0.00490 e. The standard InChI is InChI=1S/C8H19N.C2H6.CH4/c1-3-5-7-9-8-6-4-2;1-2;/h9H,3-8H2,1-2H3;1-2H3;1H4. The lowest BCUT2D eigenvalue weighted by molar-refractivity contribution is 0.611. The van der Waals surface area contributed by atoms with Gasteiger partial charge in [0.1, 0.15) is 0 Å². The van der Waals surface area contributed by atoms with Crippen LogP contribution in [0.2, 0.25) is 0 Å². The molecule has 0 aromatic rings. The van der Waals surface area contributed by atoms with Gasteiger partial charge in [-0.25, -0.2) is 0 Å². The van der Waals surface area contributed by atoms with Gasteiger partial charge in [-0.3, -0.25) is 0 Å². The van der Waals surface area contributed by atoms with Crippen LogP contribution in [0.15, 0.2) is 0 Å². The summed E-state index contributed by atoms with van der Waals surface area (Å²) in [5.74, 6) is 0. The van der Waals surface area contributed by atoms with Crippen molar-refractivity contribution in [3.05, 3.63) is 0 Å². The lowest BCUT2D eigenvalue weighted by Crippen LogP contribution is -2.15. The molecule has 0 aromatic heterocycles. The Kier molecular flexibility index (Phi) is 33.5. The van der Waals surface area contributed by atoms with Crippen molar-refractivity contribution in [1.82, 2.24) is 5.32 Å². The van der Waals surface area contributed by atoms with Gasteiger partial charge in [-0.05, 0) is 25.9 Å². The average Bonchev–Trinajstić information content (AvgIpc) is 2.08. The van der Waals surface area contributed by atoms with Crippen LogP contribution >= 0.6 is 0 Å². The molecule has 0 spiro atoms. The van der Waals surface area contributed by atoms with Crippen molar-refractivity contribution >= 4 is 0 Å². The molecule has 0 atom stereocenters. The van der Waals surface area contributed by atoms with Crippen LogP contribution in [0.3, 0.4) is 0 Å². The fourth-order valence-electron chi connectivity index (χ4n) is 0.729. The molecule has 0 aliphatic heterocycles. The molecule has 0 amide bonds. The molecule has 1 nitrogen and oxygen atoms in total. The highest BCUT2D eigenvalue weighted by Crippen LogP contribution is 1.85. The Balaban J connectivity index is -0.000000249. The summed E-state index contributed by atoms with van der Waals surface area (Å²) in [6.07, 6.45) is 5.26. The van der Waals surface area contributed by atoms with Gasteiger partial charge in [0, 0.05) is 0 Å². The predicted molar refractivity (Wildman–Crippen MR) is 60.8 cm³/mol. The first-order valence-corrected chi connectivity index (χ1v) is 5.12. The summed E-state index contributed by atoms with van der Waals surface area (Å²) in [5, 5.41) is 3.39. The summed E-state index contributed by atoms with van der Waals surface area (Å²) in [6.45, 7) is 10.9. The summed E-state index contributed by atoms with van der Waals surface area (Å²) in [6, 6.07) is 0. The Morgan fingerprint density at radius 2 is 1.17 bits per heavy atom. The van der Waals surface area contributed by atoms with E-state index in [0.29, 0.717) is 0 Å². The number of hydrogen-bond acceptors (Lipinski definition) is 1. The number of hydrogen-bond donors (Lipinski definition) is 1. The molecular weight excluding hydrogens is 146 g/mol. The van der Waals surface area contributed by atoms with Crippen molar-refractivity contribution in [2.45, 2.75) is 60.8 Å². The maximum Gasteiger partial charge on any atom is -0.00490 e. The van der Waals surface area contributed by atoms with Crippen molar-refractivity contribution in [2.24, 2.45) is 0 Å². The topological polar surface area (TPSA) is 12.0 Å². The number of rotatable bonds is 6. The minimum absolute atomic E-state index is 0. The maximum absolute atomic E-state index is 3.39. The molecule has 0 fully saturated rings. The van der Waals surface area contributed by atoms with Crippen molar-refractivity contribution in [3.63, 3.8) is 0 Å². The zero-order valence-corrected chi connectivity index (χ0v) is 8.74. The third-order valence-corrected chi connectivity index (χ3v) is 1.41. The predicted octanol–water partition coefficient (Wildman–Crippen LogP) is 3.84. The van der Waals surface area contributed by atoms with Crippen LogP contribution in [-0.2, 0) is 0 Å². The van der Waals surface area contributed by atoms with E-state index < -0.39 is 0 Å². The molecule has 1 N–H and O–H groups in total. The van der Waals surface area contributed by atoms with Crippen molar-refractivity contribution in [3.8, 4) is 0 Å². The Hall–Kier alpha value is -0.0400. The van der Waals surface area contributed by atoms with Crippen LogP contribution in [0, 0.1) is 0 Å². The molecule has 0 aromatic carbocycles. The van der Waals surface area contributed by atoms with E-state index in [2.05, 4.69) is 19.2 Å². The summed E-state index contributed by atoms with van der Waals surface area (Å²) in [7, 11) is 0. The van der Waals surface area contributed by atoms with Crippen LogP contribution in [0.1, 0.15) is 60.8 Å². The van der Waals surface area contributed by atoms with Gasteiger partial charge in [-0.15, -0.1) is 0 Å². The summed E-state index contributed by atoms with van der Waals surface area (Å²) >= 11 is 0. The van der Waals surface area contributed by atoms with Crippen LogP contribution in [0.4, 0.5) is 0 Å². The first-order valence-electron chi connectivity index (χ1n) is 5.12. The minimum Gasteiger partial charge on any atom is -0.317 e. The van der Waals surface area contributed by atoms with Gasteiger partial charge in [0.25, 0.3) is 0 Å². The molecule has 1 heteroatoms. The Bertz CT molecular complexity index is 38.3. The fraction of sp³-hybridized carbons (Fsp3) is 1.00. The van der Waals surface area contributed by atoms with Gasteiger partial charge in [0.2, 0.25) is 0 Å². The van der Waals surface area contributed by atoms with Crippen LogP contribution in [0.25, 0.3) is 0 Å². The quantitative estimate of drug-likeness (QED) is 0.605. The van der Waals surface area contributed by atoms with Gasteiger partial charge in [-0.2, -0.15) is 0 Å². The SMILES string of the molecule is C.CC.CCCCNCCCC. The van der Waals surface area contributed by atoms with E-state index in [-0.39, 0.29) is 7.43 Å². The third-order valence-electron chi connectivity index (χ3n) is 1.41. The zero-order valence-electron chi connectivity index (χ0n) is 8.74. The van der Waals surface area contributed by atoms with Gasteiger partial charge in [0.15, 0.2) is 0 Å². The molecule has 0 bridgehead atoms. The largest absolute Gasteiger partial charge is 0.317 e. The first-order chi connectivity index (χ1) is 5.41. The van der Waals surface area contributed by atoms with E-state index in [9.17, 15) is 0 Å². The Morgan fingerprint density at radius 3 is 1.42 bits per heavy atom. The third kappa shape index (κ3) is 22.5. The van der Waals surface area contributed by atoms with E-state index in [1.165, 1.54) is 38.8 Å². The lowest BCUT2D eigenvalue weighted by atomic mass is 10.3. The van der Waals surface area contributed by atoms with E-state index in [0.717, 1.165) is 0 Å². The van der Waals surface area contributed by atoms with Crippen LogP contribution < -0.4 is 5.32 Å². The molecule has 12 heavy (non-hydrogen) atoms. The number of unbranched alkanes of at least 4 members (excludes halogenated alkanes) is 2. The Morgan fingerprint density at radius 1 is 0.833 bits per heavy atom. The second-order valence-electron chi connectivity index (χ2n) is 2.46. The average molecular weight is 175 g/mol. The van der Waals surface area contributed by atoms with E-state index >= 15 is 0 Å². The molecule has 0 saturated heterocycles. The fourth-order valence-corrected chi connectivity index (χ4v) is 0.729. The molecule has 0 unspecified atom stereocenters. The second-order valence-corrected chi connectivity index (χ2v) is 2.46. The van der Waals surface area contributed by atoms with Crippen LogP contribution in [-0.4, -0.2) is 13.1 Å². The van der Waals surface area contributed by atoms with Gasteiger partial charge < -0.3 is 5.32 Å². The lowest BCUT2D eigenvalue weighted by Gasteiger charge is -1.99. The molecular formula is C11H29N. The minimum atomic E-state index is 0. The van der Waals surface area contributed by atoms with E-state index in [1.807, 2.05) is 13.8 Å². The molecule has 78 valence electrons. The molecule has 0 aliphatic rings. The van der Waals surface area contributed by atoms with Gasteiger partial charge >= 0.3 is 0 Å². The molecule has 0 radical (unpaired) electrons. The summed E-state index contributed by atoms with van der Waals surface area (Å²) < 4.78 is 0. The van der Waals surface area contributed by atoms with Gasteiger partial charge in [0.05, 0.1) is 0 Å². The monoisotopic (exact) mass is 175 g/mol. The number of nitrogens with one attached hydrogen (secondary N) is 1. The molecule has 0 aliphatic carbocycles. The van der Waals surface area contributed by atoms with Crippen molar-refractivity contribution in [1.29, 1.82) is 0 Å². The van der Waals surface area contributed by atoms with Crippen molar-refractivity contribution in [2.75, 3.05) is 13.1 Å². The van der Waals surface area contributed by atoms with Gasteiger partial charge in [-0.1, -0.05) is 48.0 Å².